The van der Waals surface area contributed by atoms with Crippen LogP contribution in [0.3, 0.4) is 0 Å². The van der Waals surface area contributed by atoms with E-state index in [9.17, 15) is 4.79 Å². The molecule has 0 aliphatic carbocycles. The summed E-state index contributed by atoms with van der Waals surface area (Å²) in [5.41, 5.74) is 5.65. The van der Waals surface area contributed by atoms with Gasteiger partial charge in [0.25, 0.3) is 0 Å². The van der Waals surface area contributed by atoms with E-state index in [4.69, 9.17) is 11.6 Å². The zero-order chi connectivity index (χ0) is 15.2. The van der Waals surface area contributed by atoms with E-state index in [1.54, 1.807) is 0 Å². The van der Waals surface area contributed by atoms with E-state index in [1.165, 1.54) is 11.1 Å². The first-order valence-corrected chi connectivity index (χ1v) is 7.58. The van der Waals surface area contributed by atoms with E-state index in [-0.39, 0.29) is 5.91 Å². The van der Waals surface area contributed by atoms with Crippen LogP contribution in [0, 0.1) is 13.8 Å². The van der Waals surface area contributed by atoms with Gasteiger partial charge in [-0.1, -0.05) is 42.5 Å². The van der Waals surface area contributed by atoms with Crippen LogP contribution in [0.25, 0.3) is 0 Å². The fourth-order valence-corrected chi connectivity index (χ4v) is 2.35. The molecule has 0 atom stereocenters. The first kappa shape index (κ1) is 15.6. The second-order valence-corrected chi connectivity index (χ2v) is 5.59. The molecular formula is C18H20ClNO. The van der Waals surface area contributed by atoms with Crippen molar-refractivity contribution in [3.8, 4) is 0 Å². The quantitative estimate of drug-likeness (QED) is 0.834. The van der Waals surface area contributed by atoms with Crippen molar-refractivity contribution in [2.45, 2.75) is 32.7 Å². The first-order chi connectivity index (χ1) is 10.1. The van der Waals surface area contributed by atoms with Crippen molar-refractivity contribution >= 4 is 17.5 Å². The smallest absolute Gasteiger partial charge is 0.224 e. The van der Waals surface area contributed by atoms with Crippen LogP contribution in [0.5, 0.6) is 0 Å². The van der Waals surface area contributed by atoms with Gasteiger partial charge in [-0.3, -0.25) is 4.79 Å². The minimum atomic E-state index is 0.0366. The monoisotopic (exact) mass is 301 g/mol. The molecule has 0 saturated carbocycles. The minimum Gasteiger partial charge on any atom is -0.352 e. The zero-order valence-corrected chi connectivity index (χ0v) is 13.2. The third-order valence-corrected chi connectivity index (χ3v) is 3.88. The lowest BCUT2D eigenvalue weighted by molar-refractivity contribution is -0.120. The van der Waals surface area contributed by atoms with Crippen molar-refractivity contribution in [2.24, 2.45) is 0 Å². The Kier molecular flexibility index (Phi) is 5.40. The van der Waals surface area contributed by atoms with Gasteiger partial charge in [0.1, 0.15) is 0 Å². The maximum absolute atomic E-state index is 12.0. The van der Waals surface area contributed by atoms with Crippen molar-refractivity contribution < 1.29 is 4.79 Å². The minimum absolute atomic E-state index is 0.0366. The van der Waals surface area contributed by atoms with E-state index < -0.39 is 0 Å². The second kappa shape index (κ2) is 7.28. The Labute approximate surface area is 131 Å². The second-order valence-electron chi connectivity index (χ2n) is 5.33. The SMILES string of the molecule is Cc1ccc(CC(=O)NCc2cccc(CCl)c2)cc1C. The number of benzene rings is 2. The van der Waals surface area contributed by atoms with Crippen molar-refractivity contribution in [3.63, 3.8) is 0 Å². The highest BCUT2D eigenvalue weighted by Gasteiger charge is 2.05. The molecule has 0 aliphatic heterocycles. The van der Waals surface area contributed by atoms with Crippen molar-refractivity contribution in [1.29, 1.82) is 0 Å². The van der Waals surface area contributed by atoms with Crippen LogP contribution in [0.2, 0.25) is 0 Å². The number of amides is 1. The van der Waals surface area contributed by atoms with Gasteiger partial charge in [-0.25, -0.2) is 0 Å². The standard InChI is InChI=1S/C18H20ClNO/c1-13-6-7-15(8-14(13)2)10-18(21)20-12-17-5-3-4-16(9-17)11-19/h3-9H,10-12H2,1-2H3,(H,20,21). The van der Waals surface area contributed by atoms with E-state index in [1.807, 2.05) is 30.3 Å². The molecule has 21 heavy (non-hydrogen) atoms. The molecular weight excluding hydrogens is 282 g/mol. The molecule has 2 aromatic carbocycles. The Morgan fingerprint density at radius 3 is 2.48 bits per heavy atom. The van der Waals surface area contributed by atoms with Crippen LogP contribution < -0.4 is 5.32 Å². The van der Waals surface area contributed by atoms with Gasteiger partial charge in [0.2, 0.25) is 5.91 Å². The van der Waals surface area contributed by atoms with Gasteiger partial charge in [-0.05, 0) is 41.7 Å². The molecule has 2 nitrogen and oxygen atoms in total. The van der Waals surface area contributed by atoms with Crippen molar-refractivity contribution in [3.05, 3.63) is 70.3 Å². The number of nitrogens with one attached hydrogen (secondary N) is 1. The van der Waals surface area contributed by atoms with Gasteiger partial charge in [-0.2, -0.15) is 0 Å². The number of rotatable bonds is 5. The number of aryl methyl sites for hydroxylation is 2. The summed E-state index contributed by atoms with van der Waals surface area (Å²) >= 11 is 5.81. The molecule has 0 aliphatic rings. The lowest BCUT2D eigenvalue weighted by Crippen LogP contribution is -2.24. The number of carbonyl (C=O) groups excluding carboxylic acids is 1. The number of hydrogen-bond acceptors (Lipinski definition) is 1. The van der Waals surface area contributed by atoms with Gasteiger partial charge in [0.05, 0.1) is 6.42 Å². The van der Waals surface area contributed by atoms with Gasteiger partial charge in [0.15, 0.2) is 0 Å². The van der Waals surface area contributed by atoms with Gasteiger partial charge < -0.3 is 5.32 Å². The highest BCUT2D eigenvalue weighted by Crippen LogP contribution is 2.11. The third kappa shape index (κ3) is 4.61. The van der Waals surface area contributed by atoms with E-state index >= 15 is 0 Å². The lowest BCUT2D eigenvalue weighted by atomic mass is 10.0. The van der Waals surface area contributed by atoms with Crippen molar-refractivity contribution in [1.82, 2.24) is 5.32 Å². The summed E-state index contributed by atoms with van der Waals surface area (Å²) < 4.78 is 0. The molecule has 2 rings (SSSR count). The fourth-order valence-electron chi connectivity index (χ4n) is 2.18. The van der Waals surface area contributed by atoms with E-state index in [2.05, 4.69) is 31.3 Å². The van der Waals surface area contributed by atoms with Crippen LogP contribution in [0.4, 0.5) is 0 Å². The van der Waals surface area contributed by atoms with Crippen molar-refractivity contribution in [2.75, 3.05) is 0 Å². The van der Waals surface area contributed by atoms with E-state index in [0.717, 1.165) is 16.7 Å². The summed E-state index contributed by atoms with van der Waals surface area (Å²) in [6.45, 7) is 4.67. The molecule has 0 unspecified atom stereocenters. The van der Waals surface area contributed by atoms with E-state index in [0.29, 0.717) is 18.8 Å². The molecule has 0 fully saturated rings. The lowest BCUT2D eigenvalue weighted by Gasteiger charge is -2.08. The Balaban J connectivity index is 1.91. The number of carbonyl (C=O) groups is 1. The predicted octanol–water partition coefficient (Wildman–Crippen LogP) is 3.90. The molecule has 0 radical (unpaired) electrons. The fraction of sp³-hybridized carbons (Fsp3) is 0.278. The summed E-state index contributed by atoms with van der Waals surface area (Å²) in [6.07, 6.45) is 0.413. The number of hydrogen-bond donors (Lipinski definition) is 1. The Bertz CT molecular complexity index is 637. The predicted molar refractivity (Wildman–Crippen MR) is 87.5 cm³/mol. The molecule has 0 bridgehead atoms. The Hall–Kier alpha value is -1.80. The van der Waals surface area contributed by atoms with Gasteiger partial charge in [0, 0.05) is 12.4 Å². The molecule has 0 spiro atoms. The summed E-state index contributed by atoms with van der Waals surface area (Å²) in [7, 11) is 0. The molecule has 0 aromatic heterocycles. The highest BCUT2D eigenvalue weighted by atomic mass is 35.5. The van der Waals surface area contributed by atoms with Crippen LogP contribution in [-0.2, 0) is 23.6 Å². The average Bonchev–Trinajstić information content (AvgIpc) is 2.49. The zero-order valence-electron chi connectivity index (χ0n) is 12.4. The summed E-state index contributed by atoms with van der Waals surface area (Å²) in [4.78, 5) is 12.0. The molecule has 2 aromatic rings. The van der Waals surface area contributed by atoms with Crippen LogP contribution in [0.15, 0.2) is 42.5 Å². The maximum Gasteiger partial charge on any atom is 0.224 e. The topological polar surface area (TPSA) is 29.1 Å². The maximum atomic E-state index is 12.0. The van der Waals surface area contributed by atoms with Crippen LogP contribution in [0.1, 0.15) is 27.8 Å². The van der Waals surface area contributed by atoms with Crippen LogP contribution >= 0.6 is 11.6 Å². The summed E-state index contributed by atoms with van der Waals surface area (Å²) in [6, 6.07) is 14.1. The van der Waals surface area contributed by atoms with Gasteiger partial charge >= 0.3 is 0 Å². The Morgan fingerprint density at radius 1 is 1.00 bits per heavy atom. The molecule has 110 valence electrons. The average molecular weight is 302 g/mol. The highest BCUT2D eigenvalue weighted by molar-refractivity contribution is 6.17. The number of halogens is 1. The normalized spacial score (nSPS) is 10.4. The molecule has 1 amide bonds. The molecule has 0 heterocycles. The molecule has 3 heteroatoms. The molecule has 0 saturated heterocycles. The summed E-state index contributed by atoms with van der Waals surface area (Å²) in [5, 5.41) is 2.95. The number of alkyl halides is 1. The van der Waals surface area contributed by atoms with Crippen LogP contribution in [-0.4, -0.2) is 5.91 Å². The third-order valence-electron chi connectivity index (χ3n) is 3.57. The molecule has 1 N–H and O–H groups in total. The largest absolute Gasteiger partial charge is 0.352 e. The summed E-state index contributed by atoms with van der Waals surface area (Å²) in [5.74, 6) is 0.527. The first-order valence-electron chi connectivity index (χ1n) is 7.05. The van der Waals surface area contributed by atoms with Gasteiger partial charge in [-0.15, -0.1) is 11.6 Å². The Morgan fingerprint density at radius 2 is 1.76 bits per heavy atom.